The van der Waals surface area contributed by atoms with Crippen LogP contribution in [-0.4, -0.2) is 44.8 Å². The van der Waals surface area contributed by atoms with Crippen molar-refractivity contribution in [2.75, 3.05) is 20.1 Å². The molecule has 0 aliphatic carbocycles. The summed E-state index contributed by atoms with van der Waals surface area (Å²) in [5.41, 5.74) is 5.38. The molecular weight excluding hydrogens is 346 g/mol. The predicted octanol–water partition coefficient (Wildman–Crippen LogP) is 0.530. The van der Waals surface area contributed by atoms with Crippen LogP contribution in [0.25, 0.3) is 0 Å². The van der Waals surface area contributed by atoms with Crippen molar-refractivity contribution in [2.45, 2.75) is 17.4 Å². The molecular formula is C12H16BrN3O3S. The Morgan fingerprint density at radius 1 is 1.45 bits per heavy atom. The number of rotatable bonds is 4. The molecule has 1 fully saturated rings. The predicted molar refractivity (Wildman–Crippen MR) is 78.9 cm³/mol. The molecule has 1 amide bonds. The fourth-order valence-electron chi connectivity index (χ4n) is 2.19. The summed E-state index contributed by atoms with van der Waals surface area (Å²) in [5, 5.41) is 3.07. The molecule has 3 N–H and O–H groups in total. The highest BCUT2D eigenvalue weighted by atomic mass is 79.9. The number of carbonyl (C=O) groups excluding carboxylic acids is 1. The number of benzene rings is 1. The van der Waals surface area contributed by atoms with Gasteiger partial charge in [-0.15, -0.1) is 0 Å². The van der Waals surface area contributed by atoms with Crippen molar-refractivity contribution in [1.29, 1.82) is 0 Å². The van der Waals surface area contributed by atoms with Gasteiger partial charge < -0.3 is 11.1 Å². The summed E-state index contributed by atoms with van der Waals surface area (Å²) in [6.45, 7) is 0.892. The topological polar surface area (TPSA) is 92.5 Å². The Bertz CT molecular complexity index is 633. The summed E-state index contributed by atoms with van der Waals surface area (Å²) in [4.78, 5) is 11.3. The molecule has 0 saturated carbocycles. The molecule has 1 aliphatic heterocycles. The molecule has 0 bridgehead atoms. The van der Waals surface area contributed by atoms with Crippen molar-refractivity contribution in [3.05, 3.63) is 28.2 Å². The average molecular weight is 362 g/mol. The van der Waals surface area contributed by atoms with E-state index in [1.807, 2.05) is 7.05 Å². The minimum absolute atomic E-state index is 0.0810. The first-order valence-corrected chi connectivity index (χ1v) is 8.35. The molecule has 8 heteroatoms. The number of likely N-dealkylation sites (N-methyl/N-ethyl adjacent to an activating group) is 1. The van der Waals surface area contributed by atoms with Gasteiger partial charge in [-0.3, -0.25) is 4.79 Å². The van der Waals surface area contributed by atoms with Gasteiger partial charge in [-0.25, -0.2) is 8.42 Å². The molecule has 1 unspecified atom stereocenters. The normalized spacial score (nSPS) is 20.2. The van der Waals surface area contributed by atoms with Gasteiger partial charge in [-0.1, -0.05) is 15.9 Å². The van der Waals surface area contributed by atoms with Crippen LogP contribution in [0.5, 0.6) is 0 Å². The van der Waals surface area contributed by atoms with Crippen LogP contribution in [0.15, 0.2) is 27.6 Å². The molecule has 1 aromatic carbocycles. The van der Waals surface area contributed by atoms with E-state index < -0.39 is 15.9 Å². The van der Waals surface area contributed by atoms with Gasteiger partial charge in [0.25, 0.3) is 0 Å². The molecule has 1 aromatic rings. The van der Waals surface area contributed by atoms with Crippen molar-refractivity contribution in [1.82, 2.24) is 9.62 Å². The Morgan fingerprint density at radius 3 is 2.70 bits per heavy atom. The standard InChI is InChI=1S/C12H16BrN3O3S/c1-15-10-2-3-16(7-10)20(18,19)11-5-8(12(14)17)4-9(13)6-11/h4-6,10,15H,2-3,7H2,1H3,(H2,14,17). The van der Waals surface area contributed by atoms with Gasteiger partial charge in [0, 0.05) is 29.2 Å². The Hall–Kier alpha value is -0.960. The number of nitrogens with zero attached hydrogens (tertiary/aromatic N) is 1. The summed E-state index contributed by atoms with van der Waals surface area (Å²) >= 11 is 3.20. The molecule has 110 valence electrons. The second-order valence-corrected chi connectivity index (χ2v) is 7.53. The molecule has 6 nitrogen and oxygen atoms in total. The van der Waals surface area contributed by atoms with Crippen LogP contribution in [0.1, 0.15) is 16.8 Å². The molecule has 20 heavy (non-hydrogen) atoms. The maximum Gasteiger partial charge on any atom is 0.248 e. The number of hydrogen-bond donors (Lipinski definition) is 2. The third-order valence-corrected chi connectivity index (χ3v) is 5.65. The number of primary amides is 1. The minimum atomic E-state index is -3.60. The lowest BCUT2D eigenvalue weighted by Crippen LogP contribution is -2.33. The third kappa shape index (κ3) is 3.03. The molecule has 1 atom stereocenters. The van der Waals surface area contributed by atoms with Gasteiger partial charge in [0.15, 0.2) is 0 Å². The Kier molecular flexibility index (Phi) is 4.48. The molecule has 0 aromatic heterocycles. The molecule has 1 saturated heterocycles. The number of amides is 1. The Labute approximate surface area is 126 Å². The first kappa shape index (κ1) is 15.4. The van der Waals surface area contributed by atoms with E-state index in [-0.39, 0.29) is 16.5 Å². The van der Waals surface area contributed by atoms with Gasteiger partial charge in [0.1, 0.15) is 0 Å². The van der Waals surface area contributed by atoms with Crippen molar-refractivity contribution in [3.63, 3.8) is 0 Å². The van der Waals surface area contributed by atoms with E-state index in [4.69, 9.17) is 5.73 Å². The number of hydrogen-bond acceptors (Lipinski definition) is 4. The lowest BCUT2D eigenvalue weighted by atomic mass is 10.2. The van der Waals surface area contributed by atoms with Gasteiger partial charge in [-0.2, -0.15) is 4.31 Å². The van der Waals surface area contributed by atoms with E-state index in [1.54, 1.807) is 0 Å². The van der Waals surface area contributed by atoms with Crippen molar-refractivity contribution in [3.8, 4) is 0 Å². The van der Waals surface area contributed by atoms with Gasteiger partial charge in [0.2, 0.25) is 15.9 Å². The van der Waals surface area contributed by atoms with Crippen LogP contribution in [0, 0.1) is 0 Å². The zero-order valence-corrected chi connectivity index (χ0v) is 13.4. The highest BCUT2D eigenvalue weighted by molar-refractivity contribution is 9.10. The Morgan fingerprint density at radius 2 is 2.15 bits per heavy atom. The van der Waals surface area contributed by atoms with E-state index in [0.29, 0.717) is 17.6 Å². The first-order chi connectivity index (χ1) is 9.34. The minimum Gasteiger partial charge on any atom is -0.366 e. The molecule has 2 rings (SSSR count). The maximum atomic E-state index is 12.5. The number of carbonyl (C=O) groups is 1. The monoisotopic (exact) mass is 361 g/mol. The lowest BCUT2D eigenvalue weighted by molar-refractivity contribution is 0.1000. The zero-order chi connectivity index (χ0) is 14.9. The quantitative estimate of drug-likeness (QED) is 0.817. The second-order valence-electron chi connectivity index (χ2n) is 4.68. The van der Waals surface area contributed by atoms with Crippen LogP contribution in [-0.2, 0) is 10.0 Å². The Balaban J connectivity index is 2.37. The summed E-state index contributed by atoms with van der Waals surface area (Å²) in [7, 11) is -1.79. The fourth-order valence-corrected chi connectivity index (χ4v) is 4.40. The molecule has 0 radical (unpaired) electrons. The van der Waals surface area contributed by atoms with Crippen LogP contribution in [0.3, 0.4) is 0 Å². The maximum absolute atomic E-state index is 12.5. The highest BCUT2D eigenvalue weighted by Crippen LogP contribution is 2.25. The molecule has 0 spiro atoms. The lowest BCUT2D eigenvalue weighted by Gasteiger charge is -2.17. The smallest absolute Gasteiger partial charge is 0.248 e. The van der Waals surface area contributed by atoms with Crippen LogP contribution in [0.2, 0.25) is 0 Å². The van der Waals surface area contributed by atoms with E-state index in [9.17, 15) is 13.2 Å². The van der Waals surface area contributed by atoms with E-state index in [2.05, 4.69) is 21.2 Å². The first-order valence-electron chi connectivity index (χ1n) is 6.12. The summed E-state index contributed by atoms with van der Waals surface area (Å²) in [5.74, 6) is -0.655. The van der Waals surface area contributed by atoms with Crippen molar-refractivity contribution in [2.24, 2.45) is 5.73 Å². The second kappa shape index (κ2) is 5.80. The number of halogens is 1. The SMILES string of the molecule is CNC1CCN(S(=O)(=O)c2cc(Br)cc(C(N)=O)c2)C1. The van der Waals surface area contributed by atoms with E-state index >= 15 is 0 Å². The van der Waals surface area contributed by atoms with Crippen LogP contribution >= 0.6 is 15.9 Å². The largest absolute Gasteiger partial charge is 0.366 e. The zero-order valence-electron chi connectivity index (χ0n) is 11.0. The van der Waals surface area contributed by atoms with Crippen molar-refractivity contribution < 1.29 is 13.2 Å². The van der Waals surface area contributed by atoms with Gasteiger partial charge >= 0.3 is 0 Å². The molecule has 1 heterocycles. The third-order valence-electron chi connectivity index (χ3n) is 3.35. The van der Waals surface area contributed by atoms with Crippen LogP contribution < -0.4 is 11.1 Å². The number of sulfonamides is 1. The van der Waals surface area contributed by atoms with Gasteiger partial charge in [-0.05, 0) is 31.7 Å². The number of nitrogens with two attached hydrogens (primary N) is 1. The fraction of sp³-hybridized carbons (Fsp3) is 0.417. The highest BCUT2D eigenvalue weighted by Gasteiger charge is 2.32. The van der Waals surface area contributed by atoms with Crippen molar-refractivity contribution >= 4 is 31.9 Å². The van der Waals surface area contributed by atoms with Gasteiger partial charge in [0.05, 0.1) is 4.90 Å². The van der Waals surface area contributed by atoms with E-state index in [1.165, 1.54) is 22.5 Å². The molecule has 1 aliphatic rings. The summed E-state index contributed by atoms with van der Waals surface area (Å²) < 4.78 is 27.0. The average Bonchev–Trinajstić information content (AvgIpc) is 2.87. The summed E-state index contributed by atoms with van der Waals surface area (Å²) in [6, 6.07) is 4.46. The summed E-state index contributed by atoms with van der Waals surface area (Å²) in [6.07, 6.45) is 0.770. The van der Waals surface area contributed by atoms with E-state index in [0.717, 1.165) is 6.42 Å². The van der Waals surface area contributed by atoms with Crippen LogP contribution in [0.4, 0.5) is 0 Å². The number of nitrogens with one attached hydrogen (secondary N) is 1.